The molecule has 102 valence electrons. The van der Waals surface area contributed by atoms with Crippen LogP contribution in [0.25, 0.3) is 0 Å². The molecule has 2 aliphatic rings. The van der Waals surface area contributed by atoms with Crippen molar-refractivity contribution in [2.24, 2.45) is 10.7 Å². The lowest BCUT2D eigenvalue weighted by Crippen LogP contribution is -2.40. The molecule has 3 N–H and O–H groups in total. The van der Waals surface area contributed by atoms with Crippen molar-refractivity contribution in [3.8, 4) is 0 Å². The topological polar surface area (TPSA) is 50.4 Å². The summed E-state index contributed by atoms with van der Waals surface area (Å²) in [6.07, 6.45) is 6.17. The fraction of sp³-hybridized carbons (Fsp3) is 0.533. The number of hydrogen-bond donors (Lipinski definition) is 2. The van der Waals surface area contributed by atoms with Crippen LogP contribution in [0.2, 0.25) is 0 Å². The van der Waals surface area contributed by atoms with Crippen molar-refractivity contribution in [2.45, 2.75) is 43.6 Å². The Hall–Kier alpha value is -1.03. The maximum absolute atomic E-state index is 5.94. The van der Waals surface area contributed by atoms with Gasteiger partial charge in [0.15, 0.2) is 5.96 Å². The van der Waals surface area contributed by atoms with E-state index in [0.29, 0.717) is 12.0 Å². The maximum Gasteiger partial charge on any atom is 0.188 e. The number of rotatable bonds is 4. The molecule has 2 fully saturated rings. The van der Waals surface area contributed by atoms with E-state index in [0.717, 1.165) is 11.0 Å². The zero-order valence-corrected chi connectivity index (χ0v) is 12.6. The van der Waals surface area contributed by atoms with Gasteiger partial charge in [-0.25, -0.2) is 0 Å². The van der Waals surface area contributed by atoms with Gasteiger partial charge in [0, 0.05) is 15.9 Å². The van der Waals surface area contributed by atoms with Crippen molar-refractivity contribution >= 4 is 21.9 Å². The van der Waals surface area contributed by atoms with Crippen LogP contribution >= 0.6 is 15.9 Å². The minimum Gasteiger partial charge on any atom is -0.370 e. The van der Waals surface area contributed by atoms with Gasteiger partial charge in [-0.3, -0.25) is 4.99 Å². The molecule has 0 spiro atoms. The number of aliphatic imine (C=N–C) groups is 1. The van der Waals surface area contributed by atoms with E-state index in [4.69, 9.17) is 5.73 Å². The van der Waals surface area contributed by atoms with Gasteiger partial charge in [-0.15, -0.1) is 0 Å². The summed E-state index contributed by atoms with van der Waals surface area (Å²) in [7, 11) is 0. The van der Waals surface area contributed by atoms with E-state index in [1.165, 1.54) is 37.7 Å². The fourth-order valence-electron chi connectivity index (χ4n) is 2.68. The Morgan fingerprint density at radius 2 is 2.21 bits per heavy atom. The average molecular weight is 322 g/mol. The van der Waals surface area contributed by atoms with E-state index < -0.39 is 0 Å². The third-order valence-corrected chi connectivity index (χ3v) is 4.72. The first kappa shape index (κ1) is 13.0. The Bertz CT molecular complexity index is 490. The Balaban J connectivity index is 1.72. The molecule has 0 saturated heterocycles. The average Bonchev–Trinajstić information content (AvgIpc) is 3.11. The van der Waals surface area contributed by atoms with Crippen molar-refractivity contribution in [3.05, 3.63) is 34.3 Å². The van der Waals surface area contributed by atoms with Crippen molar-refractivity contribution in [3.63, 3.8) is 0 Å². The highest BCUT2D eigenvalue weighted by Gasteiger charge is 2.38. The van der Waals surface area contributed by atoms with Gasteiger partial charge in [-0.1, -0.05) is 34.5 Å². The molecule has 0 aliphatic heterocycles. The predicted molar refractivity (Wildman–Crippen MR) is 82.3 cm³/mol. The molecule has 1 aromatic carbocycles. The van der Waals surface area contributed by atoms with Crippen LogP contribution in [0, 0.1) is 0 Å². The summed E-state index contributed by atoms with van der Waals surface area (Å²) in [6.45, 7) is 0.801. The summed E-state index contributed by atoms with van der Waals surface area (Å²) < 4.78 is 1.14. The quantitative estimate of drug-likeness (QED) is 0.661. The summed E-state index contributed by atoms with van der Waals surface area (Å²) in [6, 6.07) is 9.19. The molecule has 0 heterocycles. The number of benzene rings is 1. The summed E-state index contributed by atoms with van der Waals surface area (Å²) >= 11 is 3.56. The summed E-state index contributed by atoms with van der Waals surface area (Å²) in [5.74, 6) is 0.615. The third-order valence-electron chi connectivity index (χ3n) is 4.23. The molecule has 19 heavy (non-hydrogen) atoms. The van der Waals surface area contributed by atoms with E-state index in [1.54, 1.807) is 0 Å². The van der Waals surface area contributed by atoms with Crippen molar-refractivity contribution in [1.29, 1.82) is 0 Å². The molecule has 0 atom stereocenters. The molecule has 2 aliphatic carbocycles. The zero-order chi connectivity index (χ0) is 13.3. The Labute approximate surface area is 122 Å². The second-order valence-electron chi connectivity index (χ2n) is 5.76. The van der Waals surface area contributed by atoms with E-state index in [2.05, 4.69) is 50.5 Å². The first-order chi connectivity index (χ1) is 9.18. The molecule has 0 amide bonds. The summed E-state index contributed by atoms with van der Waals surface area (Å²) in [5.41, 5.74) is 7.53. The van der Waals surface area contributed by atoms with Crippen molar-refractivity contribution < 1.29 is 0 Å². The second kappa shape index (κ2) is 5.16. The van der Waals surface area contributed by atoms with Gasteiger partial charge in [0.05, 0.1) is 6.54 Å². The highest BCUT2D eigenvalue weighted by Crippen LogP contribution is 2.44. The smallest absolute Gasteiger partial charge is 0.188 e. The van der Waals surface area contributed by atoms with Crippen molar-refractivity contribution in [2.75, 3.05) is 6.54 Å². The molecule has 3 nitrogen and oxygen atoms in total. The highest BCUT2D eigenvalue weighted by molar-refractivity contribution is 9.10. The number of guanidine groups is 1. The number of nitrogens with one attached hydrogen (secondary N) is 1. The first-order valence-electron chi connectivity index (χ1n) is 7.00. The highest BCUT2D eigenvalue weighted by atomic mass is 79.9. The lowest BCUT2D eigenvalue weighted by atomic mass is 9.64. The first-order valence-corrected chi connectivity index (χ1v) is 7.80. The molecule has 0 radical (unpaired) electrons. The second-order valence-corrected chi connectivity index (χ2v) is 6.68. The van der Waals surface area contributed by atoms with Crippen LogP contribution in [-0.2, 0) is 5.41 Å². The Kier molecular flexibility index (Phi) is 3.52. The molecule has 0 bridgehead atoms. The van der Waals surface area contributed by atoms with Crippen LogP contribution in [0.1, 0.15) is 37.7 Å². The number of nitrogens with zero attached hydrogens (tertiary/aromatic N) is 1. The predicted octanol–water partition coefficient (Wildman–Crippen LogP) is 2.94. The molecule has 2 saturated carbocycles. The van der Waals surface area contributed by atoms with Gasteiger partial charge in [0.2, 0.25) is 0 Å². The monoisotopic (exact) mass is 321 g/mol. The molecule has 0 unspecified atom stereocenters. The van der Waals surface area contributed by atoms with E-state index in [1.807, 2.05) is 0 Å². The summed E-state index contributed by atoms with van der Waals surface area (Å²) in [5, 5.41) is 3.26. The molecule has 0 aromatic heterocycles. The van der Waals surface area contributed by atoms with Crippen LogP contribution in [-0.4, -0.2) is 18.5 Å². The standard InChI is InChI=1S/C15H20BrN3/c16-12-4-1-3-11(9-12)15(7-2-8-15)10-18-14(17)19-13-5-6-13/h1,3-4,9,13H,2,5-8,10H2,(H3,17,18,19). The molecule has 3 rings (SSSR count). The lowest BCUT2D eigenvalue weighted by molar-refractivity contribution is 0.253. The third kappa shape index (κ3) is 2.94. The number of nitrogens with two attached hydrogens (primary N) is 1. The van der Waals surface area contributed by atoms with Gasteiger partial charge < -0.3 is 11.1 Å². The van der Waals surface area contributed by atoms with Gasteiger partial charge in [-0.2, -0.15) is 0 Å². The van der Waals surface area contributed by atoms with E-state index >= 15 is 0 Å². The molecule has 1 aromatic rings. The minimum atomic E-state index is 0.208. The maximum atomic E-state index is 5.94. The van der Waals surface area contributed by atoms with E-state index in [-0.39, 0.29) is 5.41 Å². The minimum absolute atomic E-state index is 0.208. The zero-order valence-electron chi connectivity index (χ0n) is 11.0. The van der Waals surface area contributed by atoms with Gasteiger partial charge in [0.1, 0.15) is 0 Å². The van der Waals surface area contributed by atoms with Crippen molar-refractivity contribution in [1.82, 2.24) is 5.32 Å². The largest absolute Gasteiger partial charge is 0.370 e. The molecule has 4 heteroatoms. The number of halogens is 1. The Morgan fingerprint density at radius 3 is 2.79 bits per heavy atom. The molecular formula is C15H20BrN3. The Morgan fingerprint density at radius 1 is 1.42 bits per heavy atom. The fourth-order valence-corrected chi connectivity index (χ4v) is 3.08. The van der Waals surface area contributed by atoms with Gasteiger partial charge in [0.25, 0.3) is 0 Å². The van der Waals surface area contributed by atoms with Crippen LogP contribution in [0.15, 0.2) is 33.7 Å². The molecular weight excluding hydrogens is 302 g/mol. The normalized spacial score (nSPS) is 21.8. The lowest BCUT2D eigenvalue weighted by Gasteiger charge is -2.41. The van der Waals surface area contributed by atoms with Crippen LogP contribution < -0.4 is 11.1 Å². The number of hydrogen-bond acceptors (Lipinski definition) is 1. The SMILES string of the molecule is NC(=NCC1(c2cccc(Br)c2)CCC1)NC1CC1. The van der Waals surface area contributed by atoms with Gasteiger partial charge >= 0.3 is 0 Å². The van der Waals surface area contributed by atoms with Gasteiger partial charge in [-0.05, 0) is 43.4 Å². The van der Waals surface area contributed by atoms with Crippen LogP contribution in [0.4, 0.5) is 0 Å². The van der Waals surface area contributed by atoms with E-state index in [9.17, 15) is 0 Å². The van der Waals surface area contributed by atoms with Crippen LogP contribution in [0.3, 0.4) is 0 Å². The summed E-state index contributed by atoms with van der Waals surface area (Å²) in [4.78, 5) is 4.57. The van der Waals surface area contributed by atoms with Crippen LogP contribution in [0.5, 0.6) is 0 Å².